The van der Waals surface area contributed by atoms with E-state index in [0.29, 0.717) is 6.42 Å². The third-order valence-corrected chi connectivity index (χ3v) is 2.21. The summed E-state index contributed by atoms with van der Waals surface area (Å²) in [5.41, 5.74) is 0.259. The van der Waals surface area contributed by atoms with Crippen LogP contribution in [0.2, 0.25) is 5.15 Å². The molecule has 82 valence electrons. The largest absolute Gasteiger partial charge is 0.394 e. The van der Waals surface area contributed by atoms with E-state index < -0.39 is 0 Å². The molecule has 0 aliphatic heterocycles. The zero-order valence-corrected chi connectivity index (χ0v) is 9.16. The molecule has 0 aromatic carbocycles. The second-order valence-electron chi connectivity index (χ2n) is 3.11. The molecule has 0 fully saturated rings. The maximum absolute atomic E-state index is 11.6. The minimum Gasteiger partial charge on any atom is -0.394 e. The Morgan fingerprint density at radius 3 is 2.93 bits per heavy atom. The van der Waals surface area contributed by atoms with E-state index in [0.717, 1.165) is 0 Å². The molecular weight excluding hydrogens is 216 g/mol. The van der Waals surface area contributed by atoms with Crippen molar-refractivity contribution in [1.82, 2.24) is 10.3 Å². The molecule has 1 amide bonds. The van der Waals surface area contributed by atoms with Crippen molar-refractivity contribution in [1.29, 1.82) is 0 Å². The molecule has 1 atom stereocenters. The molecule has 1 unspecified atom stereocenters. The predicted octanol–water partition coefficient (Wildman–Crippen LogP) is 1.24. The van der Waals surface area contributed by atoms with Crippen LogP contribution in [0.25, 0.3) is 0 Å². The van der Waals surface area contributed by atoms with Crippen LogP contribution in [0.1, 0.15) is 23.8 Å². The lowest BCUT2D eigenvalue weighted by atomic mass is 10.2. The van der Waals surface area contributed by atoms with E-state index in [1.165, 1.54) is 0 Å². The monoisotopic (exact) mass is 228 g/mol. The summed E-state index contributed by atoms with van der Waals surface area (Å²) in [6, 6.07) is 4.59. The van der Waals surface area contributed by atoms with Crippen molar-refractivity contribution in [3.63, 3.8) is 0 Å². The van der Waals surface area contributed by atoms with E-state index in [4.69, 9.17) is 16.7 Å². The molecule has 4 nitrogen and oxygen atoms in total. The van der Waals surface area contributed by atoms with Crippen LogP contribution in [0, 0.1) is 0 Å². The summed E-state index contributed by atoms with van der Waals surface area (Å²) in [6.07, 6.45) is 0.669. The van der Waals surface area contributed by atoms with Crippen LogP contribution in [0.5, 0.6) is 0 Å². The topological polar surface area (TPSA) is 62.2 Å². The number of aliphatic hydroxyl groups excluding tert-OH is 1. The van der Waals surface area contributed by atoms with Crippen LogP contribution >= 0.6 is 11.6 Å². The van der Waals surface area contributed by atoms with Gasteiger partial charge in [-0.1, -0.05) is 24.6 Å². The average molecular weight is 229 g/mol. The van der Waals surface area contributed by atoms with Crippen molar-refractivity contribution in [2.24, 2.45) is 0 Å². The molecule has 0 radical (unpaired) electrons. The Labute approximate surface area is 93.3 Å². The molecule has 0 aliphatic carbocycles. The van der Waals surface area contributed by atoms with Crippen LogP contribution in [-0.2, 0) is 0 Å². The fraction of sp³-hybridized carbons (Fsp3) is 0.400. The fourth-order valence-electron chi connectivity index (χ4n) is 1.07. The Morgan fingerprint density at radius 1 is 1.67 bits per heavy atom. The number of pyridine rings is 1. The molecule has 0 aliphatic rings. The van der Waals surface area contributed by atoms with Crippen LogP contribution in [0.4, 0.5) is 0 Å². The molecule has 1 rings (SSSR count). The van der Waals surface area contributed by atoms with Gasteiger partial charge in [-0.3, -0.25) is 4.79 Å². The minimum atomic E-state index is -0.321. The molecule has 0 saturated carbocycles. The van der Waals surface area contributed by atoms with Crippen LogP contribution < -0.4 is 5.32 Å². The van der Waals surface area contributed by atoms with Crippen LogP contribution in [0.3, 0.4) is 0 Å². The summed E-state index contributed by atoms with van der Waals surface area (Å²) in [7, 11) is 0. The molecule has 1 aromatic heterocycles. The second-order valence-corrected chi connectivity index (χ2v) is 3.49. The Bertz CT molecular complexity index is 340. The third-order valence-electron chi connectivity index (χ3n) is 2.00. The normalized spacial score (nSPS) is 12.2. The second kappa shape index (κ2) is 5.68. The van der Waals surface area contributed by atoms with Gasteiger partial charge in [0.05, 0.1) is 12.6 Å². The first-order chi connectivity index (χ1) is 7.17. The number of nitrogens with one attached hydrogen (secondary N) is 1. The number of hydrogen-bond donors (Lipinski definition) is 2. The fourth-order valence-corrected chi connectivity index (χ4v) is 1.23. The van der Waals surface area contributed by atoms with E-state index in [9.17, 15) is 4.79 Å². The highest BCUT2D eigenvalue weighted by Gasteiger charge is 2.12. The summed E-state index contributed by atoms with van der Waals surface area (Å²) in [4.78, 5) is 15.4. The Balaban J connectivity index is 2.68. The van der Waals surface area contributed by atoms with Gasteiger partial charge >= 0.3 is 0 Å². The Kier molecular flexibility index (Phi) is 4.52. The molecule has 5 heteroatoms. The van der Waals surface area contributed by atoms with E-state index in [1.807, 2.05) is 6.92 Å². The smallest absolute Gasteiger partial charge is 0.270 e. The molecule has 1 heterocycles. The lowest BCUT2D eigenvalue weighted by Crippen LogP contribution is -2.37. The van der Waals surface area contributed by atoms with E-state index in [-0.39, 0.29) is 29.4 Å². The van der Waals surface area contributed by atoms with Gasteiger partial charge in [0, 0.05) is 0 Å². The molecule has 1 aromatic rings. The van der Waals surface area contributed by atoms with Crippen LogP contribution in [-0.4, -0.2) is 28.6 Å². The number of aliphatic hydroxyl groups is 1. The summed E-state index contributed by atoms with van der Waals surface area (Å²) < 4.78 is 0. The Morgan fingerprint density at radius 2 is 2.40 bits per heavy atom. The molecule has 15 heavy (non-hydrogen) atoms. The lowest BCUT2D eigenvalue weighted by Gasteiger charge is -2.13. The first-order valence-corrected chi connectivity index (χ1v) is 5.09. The predicted molar refractivity (Wildman–Crippen MR) is 57.9 cm³/mol. The molecule has 2 N–H and O–H groups in total. The van der Waals surface area contributed by atoms with Gasteiger partial charge in [-0.25, -0.2) is 4.98 Å². The zero-order chi connectivity index (χ0) is 11.3. The molecule has 0 spiro atoms. The van der Waals surface area contributed by atoms with Crippen LogP contribution in [0.15, 0.2) is 18.2 Å². The summed E-state index contributed by atoms with van der Waals surface area (Å²) >= 11 is 5.65. The van der Waals surface area contributed by atoms with Gasteiger partial charge in [0.2, 0.25) is 0 Å². The van der Waals surface area contributed by atoms with Crippen molar-refractivity contribution in [3.05, 3.63) is 29.0 Å². The highest BCUT2D eigenvalue weighted by molar-refractivity contribution is 6.29. The van der Waals surface area contributed by atoms with Crippen molar-refractivity contribution in [3.8, 4) is 0 Å². The van der Waals surface area contributed by atoms with E-state index in [2.05, 4.69) is 10.3 Å². The standard InChI is InChI=1S/C10H13ClN2O2/c1-2-7(6-14)12-10(15)8-4-3-5-9(11)13-8/h3-5,7,14H,2,6H2,1H3,(H,12,15). The maximum atomic E-state index is 11.6. The van der Waals surface area contributed by atoms with Gasteiger partial charge in [0.25, 0.3) is 5.91 Å². The van der Waals surface area contributed by atoms with Crippen molar-refractivity contribution in [2.45, 2.75) is 19.4 Å². The molecular formula is C10H13ClN2O2. The first kappa shape index (κ1) is 11.9. The highest BCUT2D eigenvalue weighted by atomic mass is 35.5. The van der Waals surface area contributed by atoms with E-state index in [1.54, 1.807) is 18.2 Å². The number of hydrogen-bond acceptors (Lipinski definition) is 3. The number of carbonyl (C=O) groups is 1. The summed E-state index contributed by atoms with van der Waals surface area (Å²) in [6.45, 7) is 1.80. The number of rotatable bonds is 4. The van der Waals surface area contributed by atoms with Gasteiger partial charge in [0.15, 0.2) is 0 Å². The van der Waals surface area contributed by atoms with Gasteiger partial charge in [0.1, 0.15) is 10.8 Å². The van der Waals surface area contributed by atoms with Crippen molar-refractivity contribution < 1.29 is 9.90 Å². The van der Waals surface area contributed by atoms with Crippen molar-refractivity contribution >= 4 is 17.5 Å². The van der Waals surface area contributed by atoms with Crippen molar-refractivity contribution in [2.75, 3.05) is 6.61 Å². The number of amides is 1. The summed E-state index contributed by atoms with van der Waals surface area (Å²) in [5.74, 6) is -0.321. The Hall–Kier alpha value is -1.13. The minimum absolute atomic E-state index is 0.0805. The number of halogens is 1. The van der Waals surface area contributed by atoms with E-state index >= 15 is 0 Å². The zero-order valence-electron chi connectivity index (χ0n) is 8.40. The van der Waals surface area contributed by atoms with Gasteiger partial charge in [-0.15, -0.1) is 0 Å². The maximum Gasteiger partial charge on any atom is 0.270 e. The van der Waals surface area contributed by atoms with Gasteiger partial charge < -0.3 is 10.4 Å². The lowest BCUT2D eigenvalue weighted by molar-refractivity contribution is 0.0910. The number of aromatic nitrogens is 1. The number of nitrogens with zero attached hydrogens (tertiary/aromatic N) is 1. The van der Waals surface area contributed by atoms with Gasteiger partial charge in [-0.2, -0.15) is 0 Å². The highest BCUT2D eigenvalue weighted by Crippen LogP contribution is 2.05. The SMILES string of the molecule is CCC(CO)NC(=O)c1cccc(Cl)n1. The average Bonchev–Trinajstić information content (AvgIpc) is 2.25. The first-order valence-electron chi connectivity index (χ1n) is 4.71. The molecule has 0 saturated heterocycles. The number of carbonyl (C=O) groups excluding carboxylic acids is 1. The quantitative estimate of drug-likeness (QED) is 0.763. The third kappa shape index (κ3) is 3.49. The summed E-state index contributed by atoms with van der Waals surface area (Å²) in [5, 5.41) is 11.8. The molecule has 0 bridgehead atoms. The van der Waals surface area contributed by atoms with Gasteiger partial charge in [-0.05, 0) is 18.6 Å².